The molecule has 0 saturated carbocycles. The zero-order valence-corrected chi connectivity index (χ0v) is 19.6. The summed E-state index contributed by atoms with van der Waals surface area (Å²) in [5.41, 5.74) is 3.55. The normalized spacial score (nSPS) is 12.6. The van der Waals surface area contributed by atoms with Gasteiger partial charge in [0, 0.05) is 17.8 Å². The third-order valence-corrected chi connectivity index (χ3v) is 5.56. The minimum atomic E-state index is -0.312. The highest BCUT2D eigenvalue weighted by Gasteiger charge is 2.34. The fraction of sp³-hybridized carbons (Fsp3) is 0.185. The first-order chi connectivity index (χ1) is 16.8. The molecule has 0 aromatic heterocycles. The Morgan fingerprint density at radius 3 is 2.11 bits per heavy atom. The van der Waals surface area contributed by atoms with E-state index in [1.165, 1.54) is 4.90 Å². The molecular formula is C27H26N4O4. The van der Waals surface area contributed by atoms with Crippen LogP contribution in [-0.4, -0.2) is 54.1 Å². The molecule has 3 aromatic rings. The maximum atomic E-state index is 12.6. The Morgan fingerprint density at radius 1 is 0.829 bits per heavy atom. The van der Waals surface area contributed by atoms with Gasteiger partial charge in [0.1, 0.15) is 0 Å². The zero-order chi connectivity index (χ0) is 24.9. The summed E-state index contributed by atoms with van der Waals surface area (Å²) in [6.07, 6.45) is 0. The van der Waals surface area contributed by atoms with Crippen LogP contribution < -0.4 is 10.6 Å². The van der Waals surface area contributed by atoms with E-state index >= 15 is 0 Å². The van der Waals surface area contributed by atoms with Gasteiger partial charge < -0.3 is 15.5 Å². The number of carbonyl (C=O) groups excluding carboxylic acids is 4. The van der Waals surface area contributed by atoms with E-state index in [0.29, 0.717) is 28.9 Å². The van der Waals surface area contributed by atoms with Crippen molar-refractivity contribution < 1.29 is 19.2 Å². The van der Waals surface area contributed by atoms with Gasteiger partial charge in [0.25, 0.3) is 17.7 Å². The van der Waals surface area contributed by atoms with E-state index in [9.17, 15) is 19.2 Å². The molecule has 0 atom stereocenters. The van der Waals surface area contributed by atoms with Crippen LogP contribution in [0.4, 0.5) is 5.69 Å². The number of likely N-dealkylation sites (N-methyl/N-ethyl adjacent to an activating group) is 1. The summed E-state index contributed by atoms with van der Waals surface area (Å²) < 4.78 is 0. The van der Waals surface area contributed by atoms with Crippen molar-refractivity contribution in [3.05, 3.63) is 101 Å². The van der Waals surface area contributed by atoms with Crippen LogP contribution in [0.2, 0.25) is 0 Å². The maximum Gasteiger partial charge on any atom is 0.261 e. The fourth-order valence-corrected chi connectivity index (χ4v) is 3.86. The molecule has 8 heteroatoms. The van der Waals surface area contributed by atoms with Gasteiger partial charge in [-0.1, -0.05) is 36.4 Å². The van der Waals surface area contributed by atoms with Crippen molar-refractivity contribution in [2.45, 2.75) is 13.1 Å². The largest absolute Gasteiger partial charge is 0.348 e. The first-order valence-electron chi connectivity index (χ1n) is 11.2. The second kappa shape index (κ2) is 10.3. The lowest BCUT2D eigenvalue weighted by molar-refractivity contribution is -0.116. The number of fused-ring (bicyclic) bond motifs is 1. The highest BCUT2D eigenvalue weighted by Crippen LogP contribution is 2.24. The predicted octanol–water partition coefficient (Wildman–Crippen LogP) is 2.91. The van der Waals surface area contributed by atoms with Crippen LogP contribution in [-0.2, 0) is 17.9 Å². The highest BCUT2D eigenvalue weighted by atomic mass is 16.2. The average molecular weight is 471 g/mol. The molecule has 1 aliphatic heterocycles. The smallest absolute Gasteiger partial charge is 0.261 e. The van der Waals surface area contributed by atoms with E-state index < -0.39 is 0 Å². The number of hydrogen-bond acceptors (Lipinski definition) is 5. The number of carbonyl (C=O) groups is 4. The van der Waals surface area contributed by atoms with Gasteiger partial charge in [-0.2, -0.15) is 0 Å². The van der Waals surface area contributed by atoms with Crippen molar-refractivity contribution in [1.82, 2.24) is 15.1 Å². The Balaban J connectivity index is 1.33. The molecular weight excluding hydrogens is 444 g/mol. The summed E-state index contributed by atoms with van der Waals surface area (Å²) in [5, 5.41) is 5.70. The third-order valence-electron chi connectivity index (χ3n) is 5.56. The molecule has 2 N–H and O–H groups in total. The Hall–Kier alpha value is -4.30. The first kappa shape index (κ1) is 23.8. The van der Waals surface area contributed by atoms with E-state index in [2.05, 4.69) is 10.6 Å². The number of anilines is 1. The minimum absolute atomic E-state index is 0.113. The van der Waals surface area contributed by atoms with Crippen molar-refractivity contribution in [3.8, 4) is 0 Å². The molecule has 0 fully saturated rings. The summed E-state index contributed by atoms with van der Waals surface area (Å²) in [4.78, 5) is 52.7. The standard InChI is InChI=1S/C27H26N4O4/c1-30(2)17-24(32)29-21-7-5-6-19(14-21)15-28-25(33)20-12-10-18(11-13-20)16-31-26(34)22-8-3-4-9-23(22)27(31)35/h3-14H,15-17H2,1-2H3,(H,28,33)(H,29,32). The summed E-state index contributed by atoms with van der Waals surface area (Å²) in [5.74, 6) is -0.989. The molecule has 0 spiro atoms. The molecule has 1 aliphatic rings. The number of benzene rings is 3. The molecule has 178 valence electrons. The molecule has 35 heavy (non-hydrogen) atoms. The molecule has 1 heterocycles. The van der Waals surface area contributed by atoms with E-state index in [-0.39, 0.29) is 36.7 Å². The van der Waals surface area contributed by atoms with Crippen molar-refractivity contribution >= 4 is 29.3 Å². The van der Waals surface area contributed by atoms with E-state index in [4.69, 9.17) is 0 Å². The van der Waals surface area contributed by atoms with Crippen LogP contribution in [0.15, 0.2) is 72.8 Å². The second-order valence-corrected chi connectivity index (χ2v) is 8.61. The Labute approximate surface area is 203 Å². The summed E-state index contributed by atoms with van der Waals surface area (Å²) >= 11 is 0. The second-order valence-electron chi connectivity index (χ2n) is 8.61. The molecule has 0 aliphatic carbocycles. The van der Waals surface area contributed by atoms with Gasteiger partial charge in [-0.05, 0) is 61.6 Å². The van der Waals surface area contributed by atoms with Gasteiger partial charge in [0.2, 0.25) is 5.91 Å². The number of imide groups is 1. The monoisotopic (exact) mass is 470 g/mol. The lowest BCUT2D eigenvalue weighted by atomic mass is 10.1. The Kier molecular flexibility index (Phi) is 7.03. The van der Waals surface area contributed by atoms with Gasteiger partial charge in [0.05, 0.1) is 24.2 Å². The fourth-order valence-electron chi connectivity index (χ4n) is 3.86. The number of amides is 4. The lowest BCUT2D eigenvalue weighted by Gasteiger charge is -2.14. The van der Waals surface area contributed by atoms with Crippen molar-refractivity contribution in [1.29, 1.82) is 0 Å². The Bertz CT molecular complexity index is 1250. The molecule has 4 amide bonds. The maximum absolute atomic E-state index is 12.6. The van der Waals surface area contributed by atoms with Gasteiger partial charge in [-0.15, -0.1) is 0 Å². The van der Waals surface area contributed by atoms with Crippen LogP contribution >= 0.6 is 0 Å². The van der Waals surface area contributed by atoms with E-state index in [0.717, 1.165) is 11.1 Å². The topological polar surface area (TPSA) is 98.8 Å². The zero-order valence-electron chi connectivity index (χ0n) is 19.6. The van der Waals surface area contributed by atoms with Gasteiger partial charge in [-0.25, -0.2) is 0 Å². The first-order valence-corrected chi connectivity index (χ1v) is 11.2. The quantitative estimate of drug-likeness (QED) is 0.494. The number of nitrogens with zero attached hydrogens (tertiary/aromatic N) is 2. The van der Waals surface area contributed by atoms with Crippen molar-refractivity contribution in [2.75, 3.05) is 26.0 Å². The summed E-state index contributed by atoms with van der Waals surface area (Å²) in [7, 11) is 3.64. The van der Waals surface area contributed by atoms with Crippen LogP contribution in [0.5, 0.6) is 0 Å². The molecule has 0 radical (unpaired) electrons. The van der Waals surface area contributed by atoms with E-state index in [1.54, 1.807) is 59.5 Å². The van der Waals surface area contributed by atoms with Crippen LogP contribution in [0.3, 0.4) is 0 Å². The predicted molar refractivity (Wildman–Crippen MR) is 132 cm³/mol. The minimum Gasteiger partial charge on any atom is -0.348 e. The van der Waals surface area contributed by atoms with Gasteiger partial charge >= 0.3 is 0 Å². The SMILES string of the molecule is CN(C)CC(=O)Nc1cccc(CNC(=O)c2ccc(CN3C(=O)c4ccccc4C3=O)cc2)c1. The summed E-state index contributed by atoms with van der Waals surface area (Å²) in [6, 6.07) is 20.9. The lowest BCUT2D eigenvalue weighted by Crippen LogP contribution is -2.29. The van der Waals surface area contributed by atoms with Crippen LogP contribution in [0.1, 0.15) is 42.2 Å². The number of hydrogen-bond donors (Lipinski definition) is 2. The molecule has 4 rings (SSSR count). The molecule has 3 aromatic carbocycles. The van der Waals surface area contributed by atoms with Crippen LogP contribution in [0.25, 0.3) is 0 Å². The third kappa shape index (κ3) is 5.62. The molecule has 0 saturated heterocycles. The summed E-state index contributed by atoms with van der Waals surface area (Å²) in [6.45, 7) is 0.720. The highest BCUT2D eigenvalue weighted by molar-refractivity contribution is 6.21. The molecule has 8 nitrogen and oxygen atoms in total. The number of rotatable bonds is 8. The van der Waals surface area contributed by atoms with E-state index in [1.807, 2.05) is 32.3 Å². The number of nitrogens with one attached hydrogen (secondary N) is 2. The van der Waals surface area contributed by atoms with Gasteiger partial charge in [-0.3, -0.25) is 24.1 Å². The van der Waals surface area contributed by atoms with Crippen molar-refractivity contribution in [2.24, 2.45) is 0 Å². The molecule has 0 unspecified atom stereocenters. The molecule has 0 bridgehead atoms. The average Bonchev–Trinajstić information content (AvgIpc) is 3.08. The van der Waals surface area contributed by atoms with Crippen molar-refractivity contribution in [3.63, 3.8) is 0 Å². The Morgan fingerprint density at radius 2 is 1.49 bits per heavy atom. The van der Waals surface area contributed by atoms with Crippen LogP contribution in [0, 0.1) is 0 Å². The van der Waals surface area contributed by atoms with Gasteiger partial charge in [0.15, 0.2) is 0 Å².